The number of nitrogen functional groups attached to an aromatic ring is 1. The lowest BCUT2D eigenvalue weighted by molar-refractivity contribution is 0.889. The topological polar surface area (TPSA) is 69.6 Å². The standard InChI is InChI=1S/C9H11N5/c1-2-8-7(10)5-12-9(13-8)14-4-3-11-6-14/h3-6H,2,10H2,1H3. The van der Waals surface area contributed by atoms with Crippen molar-refractivity contribution < 1.29 is 0 Å². The van der Waals surface area contributed by atoms with Crippen LogP contribution in [0.4, 0.5) is 5.69 Å². The van der Waals surface area contributed by atoms with E-state index in [0.29, 0.717) is 11.6 Å². The number of aromatic nitrogens is 4. The lowest BCUT2D eigenvalue weighted by Gasteiger charge is -2.04. The number of nitrogens with two attached hydrogens (primary N) is 1. The van der Waals surface area contributed by atoms with Gasteiger partial charge in [-0.2, -0.15) is 0 Å². The molecule has 14 heavy (non-hydrogen) atoms. The molecule has 2 aromatic heterocycles. The van der Waals surface area contributed by atoms with E-state index >= 15 is 0 Å². The predicted molar refractivity (Wildman–Crippen MR) is 52.9 cm³/mol. The van der Waals surface area contributed by atoms with Crippen molar-refractivity contribution >= 4 is 5.69 Å². The van der Waals surface area contributed by atoms with Gasteiger partial charge in [0.05, 0.1) is 17.6 Å². The van der Waals surface area contributed by atoms with Gasteiger partial charge in [-0.15, -0.1) is 0 Å². The molecular formula is C9H11N5. The summed E-state index contributed by atoms with van der Waals surface area (Å²) >= 11 is 0. The largest absolute Gasteiger partial charge is 0.396 e. The van der Waals surface area contributed by atoms with Crippen molar-refractivity contribution in [2.75, 3.05) is 5.73 Å². The third kappa shape index (κ3) is 1.44. The molecule has 0 fully saturated rings. The summed E-state index contributed by atoms with van der Waals surface area (Å²) in [5.74, 6) is 0.605. The van der Waals surface area contributed by atoms with Gasteiger partial charge in [0.1, 0.15) is 6.33 Å². The van der Waals surface area contributed by atoms with Crippen LogP contribution in [0.15, 0.2) is 24.9 Å². The summed E-state index contributed by atoms with van der Waals surface area (Å²) in [6.45, 7) is 2.01. The maximum atomic E-state index is 5.70. The maximum Gasteiger partial charge on any atom is 0.235 e. The predicted octanol–water partition coefficient (Wildman–Crippen LogP) is 0.807. The molecule has 0 spiro atoms. The number of imidazole rings is 1. The molecule has 0 aliphatic carbocycles. The molecule has 0 aliphatic rings. The first-order chi connectivity index (χ1) is 6.81. The fourth-order valence-corrected chi connectivity index (χ4v) is 1.20. The van der Waals surface area contributed by atoms with Crippen LogP contribution in [0.2, 0.25) is 0 Å². The number of nitrogens with zero attached hydrogens (tertiary/aromatic N) is 4. The van der Waals surface area contributed by atoms with Crippen molar-refractivity contribution in [2.45, 2.75) is 13.3 Å². The van der Waals surface area contributed by atoms with Gasteiger partial charge in [-0.25, -0.2) is 15.0 Å². The van der Waals surface area contributed by atoms with Gasteiger partial charge in [-0.1, -0.05) is 6.92 Å². The molecule has 2 heterocycles. The van der Waals surface area contributed by atoms with Crippen molar-refractivity contribution in [3.8, 4) is 5.95 Å². The normalized spacial score (nSPS) is 10.4. The Labute approximate surface area is 81.6 Å². The Kier molecular flexibility index (Phi) is 2.14. The molecule has 0 saturated heterocycles. The quantitative estimate of drug-likeness (QED) is 0.758. The summed E-state index contributed by atoms with van der Waals surface area (Å²) in [4.78, 5) is 12.4. The van der Waals surface area contributed by atoms with E-state index in [9.17, 15) is 0 Å². The van der Waals surface area contributed by atoms with Crippen LogP contribution in [-0.4, -0.2) is 19.5 Å². The lowest BCUT2D eigenvalue weighted by Crippen LogP contribution is -2.04. The first kappa shape index (κ1) is 8.68. The van der Waals surface area contributed by atoms with Gasteiger partial charge >= 0.3 is 0 Å². The highest BCUT2D eigenvalue weighted by atomic mass is 15.2. The minimum atomic E-state index is 0.605. The molecule has 0 bridgehead atoms. The van der Waals surface area contributed by atoms with Crippen molar-refractivity contribution in [3.63, 3.8) is 0 Å². The van der Waals surface area contributed by atoms with Gasteiger partial charge in [0, 0.05) is 12.4 Å². The van der Waals surface area contributed by atoms with Crippen molar-refractivity contribution in [1.29, 1.82) is 0 Å². The SMILES string of the molecule is CCc1nc(-n2ccnc2)ncc1N. The zero-order valence-electron chi connectivity index (χ0n) is 7.88. The Hall–Kier alpha value is -1.91. The average molecular weight is 189 g/mol. The number of hydrogen-bond acceptors (Lipinski definition) is 4. The van der Waals surface area contributed by atoms with Crippen LogP contribution in [0.3, 0.4) is 0 Å². The van der Waals surface area contributed by atoms with E-state index in [1.165, 1.54) is 0 Å². The second kappa shape index (κ2) is 3.45. The van der Waals surface area contributed by atoms with Crippen LogP contribution >= 0.6 is 0 Å². The molecule has 2 rings (SSSR count). The van der Waals surface area contributed by atoms with E-state index in [0.717, 1.165) is 12.1 Å². The molecule has 2 N–H and O–H groups in total. The maximum absolute atomic E-state index is 5.70. The van der Waals surface area contributed by atoms with E-state index < -0.39 is 0 Å². The highest BCUT2D eigenvalue weighted by Gasteiger charge is 2.03. The molecule has 0 amide bonds. The lowest BCUT2D eigenvalue weighted by atomic mass is 10.3. The molecule has 0 unspecified atom stereocenters. The zero-order chi connectivity index (χ0) is 9.97. The fraction of sp³-hybridized carbons (Fsp3) is 0.222. The first-order valence-electron chi connectivity index (χ1n) is 4.41. The summed E-state index contributed by atoms with van der Waals surface area (Å²) in [6.07, 6.45) is 7.57. The Morgan fingerprint density at radius 1 is 1.50 bits per heavy atom. The van der Waals surface area contributed by atoms with E-state index in [1.54, 1.807) is 29.5 Å². The minimum Gasteiger partial charge on any atom is -0.396 e. The molecule has 0 aromatic carbocycles. The highest BCUT2D eigenvalue weighted by molar-refractivity contribution is 5.41. The molecule has 0 radical (unpaired) electrons. The molecule has 2 aromatic rings. The third-order valence-electron chi connectivity index (χ3n) is 1.96. The van der Waals surface area contributed by atoms with Crippen molar-refractivity contribution in [2.24, 2.45) is 0 Å². The number of hydrogen-bond donors (Lipinski definition) is 1. The van der Waals surface area contributed by atoms with Gasteiger partial charge < -0.3 is 5.73 Å². The van der Waals surface area contributed by atoms with E-state index in [-0.39, 0.29) is 0 Å². The van der Waals surface area contributed by atoms with Gasteiger partial charge in [0.25, 0.3) is 0 Å². The Morgan fingerprint density at radius 3 is 3.00 bits per heavy atom. The van der Waals surface area contributed by atoms with E-state index in [1.807, 2.05) is 6.92 Å². The van der Waals surface area contributed by atoms with Crippen LogP contribution < -0.4 is 5.73 Å². The molecule has 72 valence electrons. The van der Waals surface area contributed by atoms with E-state index in [2.05, 4.69) is 15.0 Å². The summed E-state index contributed by atoms with van der Waals surface area (Å²) in [7, 11) is 0. The van der Waals surface area contributed by atoms with Crippen LogP contribution in [-0.2, 0) is 6.42 Å². The van der Waals surface area contributed by atoms with Gasteiger partial charge in [0.15, 0.2) is 0 Å². The van der Waals surface area contributed by atoms with Gasteiger partial charge in [-0.3, -0.25) is 4.57 Å². The Morgan fingerprint density at radius 2 is 2.36 bits per heavy atom. The third-order valence-corrected chi connectivity index (χ3v) is 1.96. The molecule has 0 saturated carbocycles. The second-order valence-electron chi connectivity index (χ2n) is 2.90. The minimum absolute atomic E-state index is 0.605. The second-order valence-corrected chi connectivity index (χ2v) is 2.90. The summed E-state index contributed by atoms with van der Waals surface area (Å²) in [5, 5.41) is 0. The molecule has 5 nitrogen and oxygen atoms in total. The van der Waals surface area contributed by atoms with Crippen LogP contribution in [0.1, 0.15) is 12.6 Å². The fourth-order valence-electron chi connectivity index (χ4n) is 1.20. The van der Waals surface area contributed by atoms with Crippen molar-refractivity contribution in [3.05, 3.63) is 30.6 Å². The molecular weight excluding hydrogens is 178 g/mol. The summed E-state index contributed by atoms with van der Waals surface area (Å²) in [6, 6.07) is 0. The Balaban J connectivity index is 2.46. The zero-order valence-corrected chi connectivity index (χ0v) is 7.88. The summed E-state index contributed by atoms with van der Waals surface area (Å²) in [5.41, 5.74) is 7.20. The first-order valence-corrected chi connectivity index (χ1v) is 4.41. The highest BCUT2D eigenvalue weighted by Crippen LogP contribution is 2.09. The van der Waals surface area contributed by atoms with E-state index in [4.69, 9.17) is 5.73 Å². The van der Waals surface area contributed by atoms with Gasteiger partial charge in [-0.05, 0) is 6.42 Å². The van der Waals surface area contributed by atoms with Gasteiger partial charge in [0.2, 0.25) is 5.95 Å². The molecule has 0 aliphatic heterocycles. The summed E-state index contributed by atoms with van der Waals surface area (Å²) < 4.78 is 1.75. The molecule has 0 atom stereocenters. The van der Waals surface area contributed by atoms with Crippen LogP contribution in [0, 0.1) is 0 Å². The smallest absolute Gasteiger partial charge is 0.235 e. The number of aryl methyl sites for hydroxylation is 1. The van der Waals surface area contributed by atoms with Crippen molar-refractivity contribution in [1.82, 2.24) is 19.5 Å². The average Bonchev–Trinajstić information content (AvgIpc) is 2.71. The van der Waals surface area contributed by atoms with Crippen LogP contribution in [0.25, 0.3) is 5.95 Å². The monoisotopic (exact) mass is 189 g/mol. The molecule has 5 heteroatoms. The Bertz CT molecular complexity index is 421. The van der Waals surface area contributed by atoms with Crippen LogP contribution in [0.5, 0.6) is 0 Å². The number of rotatable bonds is 2. The number of anilines is 1.